The van der Waals surface area contributed by atoms with Crippen LogP contribution in [0.25, 0.3) is 0 Å². The van der Waals surface area contributed by atoms with Crippen LogP contribution in [0.1, 0.15) is 79.6 Å². The minimum Gasteiger partial charge on any atom is -0.435 e. The summed E-state index contributed by atoms with van der Waals surface area (Å²) in [5.41, 5.74) is 1.15. The SMILES string of the molecule is CCC(C)CCCC(C)CCC/C(C)=C\OC(C)=O. The van der Waals surface area contributed by atoms with Crippen molar-refractivity contribution in [2.75, 3.05) is 0 Å². The van der Waals surface area contributed by atoms with Crippen LogP contribution in [0.4, 0.5) is 0 Å². The Bertz CT molecular complexity index is 268. The third kappa shape index (κ3) is 12.0. The molecule has 2 unspecified atom stereocenters. The van der Waals surface area contributed by atoms with Gasteiger partial charge in [-0.2, -0.15) is 0 Å². The summed E-state index contributed by atoms with van der Waals surface area (Å²) in [6.45, 7) is 10.4. The molecule has 0 aromatic heterocycles. The zero-order valence-corrected chi connectivity index (χ0v) is 13.5. The summed E-state index contributed by atoms with van der Waals surface area (Å²) < 4.78 is 4.86. The molecule has 0 aliphatic heterocycles. The highest BCUT2D eigenvalue weighted by Crippen LogP contribution is 2.20. The topological polar surface area (TPSA) is 26.3 Å². The summed E-state index contributed by atoms with van der Waals surface area (Å²) in [6.07, 6.45) is 10.5. The number of carbonyl (C=O) groups excluding carboxylic acids is 1. The second kappa shape index (κ2) is 11.1. The average Bonchev–Trinajstić information content (AvgIpc) is 2.36. The fourth-order valence-electron chi connectivity index (χ4n) is 2.14. The van der Waals surface area contributed by atoms with Gasteiger partial charge in [0.1, 0.15) is 0 Å². The molecule has 0 aromatic rings. The molecule has 19 heavy (non-hydrogen) atoms. The van der Waals surface area contributed by atoms with E-state index in [1.807, 2.05) is 6.92 Å². The van der Waals surface area contributed by atoms with Crippen molar-refractivity contribution in [1.29, 1.82) is 0 Å². The van der Waals surface area contributed by atoms with E-state index in [-0.39, 0.29) is 5.97 Å². The van der Waals surface area contributed by atoms with Gasteiger partial charge in [-0.1, -0.05) is 52.9 Å². The first-order valence-corrected chi connectivity index (χ1v) is 7.78. The molecule has 2 nitrogen and oxygen atoms in total. The summed E-state index contributed by atoms with van der Waals surface area (Å²) in [5, 5.41) is 0. The molecule has 0 rings (SSSR count). The largest absolute Gasteiger partial charge is 0.435 e. The number of hydrogen-bond donors (Lipinski definition) is 0. The Labute approximate surface area is 119 Å². The molecule has 0 saturated heterocycles. The standard InChI is InChI=1S/C17H32O2/c1-6-14(2)9-7-10-15(3)11-8-12-16(4)13-19-17(5)18/h13-15H,6-12H2,1-5H3/b16-13-. The normalized spacial score (nSPS) is 15.1. The maximum atomic E-state index is 10.7. The van der Waals surface area contributed by atoms with Crippen LogP contribution in [0.3, 0.4) is 0 Å². The molecule has 0 N–H and O–H groups in total. The van der Waals surface area contributed by atoms with E-state index in [1.54, 1.807) is 6.26 Å². The maximum absolute atomic E-state index is 10.7. The van der Waals surface area contributed by atoms with Crippen LogP contribution in [-0.2, 0) is 9.53 Å². The van der Waals surface area contributed by atoms with Crippen LogP contribution < -0.4 is 0 Å². The first-order valence-electron chi connectivity index (χ1n) is 7.78. The zero-order valence-electron chi connectivity index (χ0n) is 13.5. The van der Waals surface area contributed by atoms with E-state index in [0.717, 1.165) is 23.8 Å². The molecular weight excluding hydrogens is 236 g/mol. The van der Waals surface area contributed by atoms with E-state index in [1.165, 1.54) is 45.4 Å². The van der Waals surface area contributed by atoms with Gasteiger partial charge in [0.2, 0.25) is 0 Å². The molecule has 0 bridgehead atoms. The predicted octanol–water partition coefficient (Wildman–Crippen LogP) is 5.48. The van der Waals surface area contributed by atoms with Crippen LogP contribution >= 0.6 is 0 Å². The summed E-state index contributed by atoms with van der Waals surface area (Å²) in [5.74, 6) is 1.45. The maximum Gasteiger partial charge on any atom is 0.307 e. The highest BCUT2D eigenvalue weighted by molar-refractivity contribution is 5.66. The van der Waals surface area contributed by atoms with Gasteiger partial charge < -0.3 is 4.74 Å². The third-order valence-electron chi connectivity index (χ3n) is 3.78. The van der Waals surface area contributed by atoms with Crippen molar-refractivity contribution < 1.29 is 9.53 Å². The van der Waals surface area contributed by atoms with Gasteiger partial charge in [0, 0.05) is 6.92 Å². The molecule has 0 saturated carbocycles. The highest BCUT2D eigenvalue weighted by atomic mass is 16.5. The monoisotopic (exact) mass is 268 g/mol. The number of esters is 1. The average molecular weight is 268 g/mol. The van der Waals surface area contributed by atoms with Crippen LogP contribution in [0.15, 0.2) is 11.8 Å². The molecule has 0 aliphatic carbocycles. The van der Waals surface area contributed by atoms with Crippen LogP contribution in [-0.4, -0.2) is 5.97 Å². The number of allylic oxidation sites excluding steroid dienone is 1. The van der Waals surface area contributed by atoms with Crippen LogP contribution in [0, 0.1) is 11.8 Å². The van der Waals surface area contributed by atoms with E-state index in [4.69, 9.17) is 4.74 Å². The van der Waals surface area contributed by atoms with Crippen molar-refractivity contribution in [3.05, 3.63) is 11.8 Å². The third-order valence-corrected chi connectivity index (χ3v) is 3.78. The van der Waals surface area contributed by atoms with Crippen LogP contribution in [0.5, 0.6) is 0 Å². The van der Waals surface area contributed by atoms with E-state index >= 15 is 0 Å². The van der Waals surface area contributed by atoms with E-state index < -0.39 is 0 Å². The molecular formula is C17H32O2. The zero-order chi connectivity index (χ0) is 14.7. The molecule has 0 aromatic carbocycles. The number of carbonyl (C=O) groups is 1. The van der Waals surface area contributed by atoms with Gasteiger partial charge in [-0.3, -0.25) is 4.79 Å². The molecule has 112 valence electrons. The van der Waals surface area contributed by atoms with Crippen molar-refractivity contribution in [1.82, 2.24) is 0 Å². The fourth-order valence-corrected chi connectivity index (χ4v) is 2.14. The van der Waals surface area contributed by atoms with Gasteiger partial charge in [-0.25, -0.2) is 0 Å². The molecule has 0 radical (unpaired) electrons. The first-order chi connectivity index (χ1) is 8.95. The summed E-state index contributed by atoms with van der Waals surface area (Å²) >= 11 is 0. The second-order valence-electron chi connectivity index (χ2n) is 6.02. The summed E-state index contributed by atoms with van der Waals surface area (Å²) in [6, 6.07) is 0. The van der Waals surface area contributed by atoms with Crippen LogP contribution in [0.2, 0.25) is 0 Å². The highest BCUT2D eigenvalue weighted by Gasteiger charge is 2.04. The predicted molar refractivity (Wildman–Crippen MR) is 81.8 cm³/mol. The van der Waals surface area contributed by atoms with Crippen molar-refractivity contribution in [3.8, 4) is 0 Å². The molecule has 0 fully saturated rings. The fraction of sp³-hybridized carbons (Fsp3) is 0.824. The summed E-state index contributed by atoms with van der Waals surface area (Å²) in [4.78, 5) is 10.7. The van der Waals surface area contributed by atoms with Gasteiger partial charge in [0.25, 0.3) is 0 Å². The van der Waals surface area contributed by atoms with Gasteiger partial charge >= 0.3 is 5.97 Å². The Morgan fingerprint density at radius 3 is 2.21 bits per heavy atom. The minimum absolute atomic E-state index is 0.238. The van der Waals surface area contributed by atoms with Gasteiger partial charge in [-0.05, 0) is 37.2 Å². The molecule has 2 atom stereocenters. The Balaban J connectivity index is 3.59. The minimum atomic E-state index is -0.238. The lowest BCUT2D eigenvalue weighted by molar-refractivity contribution is -0.135. The van der Waals surface area contributed by atoms with E-state index in [0.29, 0.717) is 0 Å². The quantitative estimate of drug-likeness (QED) is 0.387. The van der Waals surface area contributed by atoms with Crippen molar-refractivity contribution in [2.24, 2.45) is 11.8 Å². The van der Waals surface area contributed by atoms with Crippen molar-refractivity contribution in [2.45, 2.75) is 79.6 Å². The smallest absolute Gasteiger partial charge is 0.307 e. The van der Waals surface area contributed by atoms with Crippen molar-refractivity contribution >= 4 is 5.97 Å². The van der Waals surface area contributed by atoms with Gasteiger partial charge in [0.15, 0.2) is 0 Å². The lowest BCUT2D eigenvalue weighted by atomic mass is 9.93. The molecule has 0 spiro atoms. The van der Waals surface area contributed by atoms with E-state index in [2.05, 4.69) is 20.8 Å². The Morgan fingerprint density at radius 2 is 1.63 bits per heavy atom. The molecule has 0 amide bonds. The Hall–Kier alpha value is -0.790. The second-order valence-corrected chi connectivity index (χ2v) is 6.02. The number of hydrogen-bond acceptors (Lipinski definition) is 2. The van der Waals surface area contributed by atoms with Gasteiger partial charge in [-0.15, -0.1) is 0 Å². The Morgan fingerprint density at radius 1 is 1.05 bits per heavy atom. The summed E-state index contributed by atoms with van der Waals surface area (Å²) in [7, 11) is 0. The molecule has 0 heterocycles. The molecule has 2 heteroatoms. The number of ether oxygens (including phenoxy) is 1. The first kappa shape index (κ1) is 18.2. The number of rotatable bonds is 10. The van der Waals surface area contributed by atoms with Crippen molar-refractivity contribution in [3.63, 3.8) is 0 Å². The van der Waals surface area contributed by atoms with Gasteiger partial charge in [0.05, 0.1) is 6.26 Å². The Kier molecular flexibility index (Phi) is 10.6. The lowest BCUT2D eigenvalue weighted by Crippen LogP contribution is -1.98. The lowest BCUT2D eigenvalue weighted by Gasteiger charge is -2.13. The molecule has 0 aliphatic rings. The van der Waals surface area contributed by atoms with E-state index in [9.17, 15) is 4.79 Å².